The van der Waals surface area contributed by atoms with E-state index in [-0.39, 0.29) is 30.4 Å². The van der Waals surface area contributed by atoms with E-state index in [2.05, 4.69) is 24.1 Å². The summed E-state index contributed by atoms with van der Waals surface area (Å²) in [5.41, 5.74) is 1.49. The Kier molecular flexibility index (Phi) is 10.7. The van der Waals surface area contributed by atoms with Crippen LogP contribution >= 0.6 is 0 Å². The third kappa shape index (κ3) is 7.37. The van der Waals surface area contributed by atoms with Crippen LogP contribution in [0.2, 0.25) is 0 Å². The number of hydrogen-bond donors (Lipinski definition) is 2. The maximum atomic E-state index is 13.3. The Morgan fingerprint density at radius 3 is 2.62 bits per heavy atom. The molecule has 42 heavy (non-hydrogen) atoms. The van der Waals surface area contributed by atoms with Crippen LogP contribution in [0.3, 0.4) is 0 Å². The summed E-state index contributed by atoms with van der Waals surface area (Å²) >= 11 is 0. The highest BCUT2D eigenvalue weighted by Crippen LogP contribution is 2.32. The fourth-order valence-electron chi connectivity index (χ4n) is 5.27. The minimum absolute atomic E-state index is 0.149. The number of aryl methyl sites for hydroxylation is 1. The van der Waals surface area contributed by atoms with Gasteiger partial charge in [0.1, 0.15) is 17.3 Å². The topological polar surface area (TPSA) is 148 Å². The number of ether oxygens (including phenoxy) is 2. The van der Waals surface area contributed by atoms with Gasteiger partial charge in [-0.15, -0.1) is 5.10 Å². The molecule has 1 aliphatic heterocycles. The van der Waals surface area contributed by atoms with Crippen molar-refractivity contribution in [2.75, 3.05) is 44.0 Å². The first kappa shape index (κ1) is 31.6. The van der Waals surface area contributed by atoms with Crippen LogP contribution in [0.25, 0.3) is 16.9 Å². The molecule has 3 heterocycles. The first-order valence-corrected chi connectivity index (χ1v) is 16.4. The van der Waals surface area contributed by atoms with E-state index in [9.17, 15) is 18.0 Å². The van der Waals surface area contributed by atoms with Gasteiger partial charge in [-0.05, 0) is 44.9 Å². The minimum atomic E-state index is -3.79. The first-order valence-electron chi connectivity index (χ1n) is 14.8. The molecule has 4 rings (SSSR count). The zero-order chi connectivity index (χ0) is 30.3. The van der Waals surface area contributed by atoms with E-state index in [1.807, 2.05) is 13.8 Å². The normalized spacial score (nSPS) is 15.1. The molecule has 1 unspecified atom stereocenters. The number of unbranched alkanes of at least 4 members (excludes halogenated alkanes) is 3. The standard InChI is InChI=1S/C29H42N6O6S/c1-5-8-9-10-11-21(6-2)28-30-20(4)26-29(37)32-27(33-35(26)28)23-18-22(12-13-24(23)41-7-3)31-25(36)19-42(38,39)34-14-16-40-17-15-34/h12-13,18,21H,5-11,14-17,19H2,1-4H3,(H,31,36)(H,32,33,37). The van der Waals surface area contributed by atoms with Crippen LogP contribution in [0.1, 0.15) is 76.7 Å². The van der Waals surface area contributed by atoms with Crippen LogP contribution in [-0.2, 0) is 19.6 Å². The fraction of sp³-hybridized carbons (Fsp3) is 0.586. The lowest BCUT2D eigenvalue weighted by atomic mass is 9.97. The molecule has 1 fully saturated rings. The second-order valence-corrected chi connectivity index (χ2v) is 12.5. The van der Waals surface area contributed by atoms with Gasteiger partial charge < -0.3 is 19.8 Å². The maximum Gasteiger partial charge on any atom is 0.277 e. The van der Waals surface area contributed by atoms with Crippen LogP contribution in [0.15, 0.2) is 23.0 Å². The van der Waals surface area contributed by atoms with E-state index in [1.165, 1.54) is 10.7 Å². The van der Waals surface area contributed by atoms with Crippen LogP contribution in [-0.4, -0.2) is 76.9 Å². The molecular formula is C29H42N6O6S. The molecule has 0 saturated carbocycles. The molecule has 0 bridgehead atoms. The highest BCUT2D eigenvalue weighted by Gasteiger charge is 2.27. The number of imidazole rings is 1. The molecule has 1 aromatic carbocycles. The number of amides is 1. The lowest BCUT2D eigenvalue weighted by Crippen LogP contribution is -2.43. The molecule has 230 valence electrons. The van der Waals surface area contributed by atoms with E-state index < -0.39 is 21.7 Å². The summed E-state index contributed by atoms with van der Waals surface area (Å²) < 4.78 is 39.4. The van der Waals surface area contributed by atoms with Crippen LogP contribution < -0.4 is 15.6 Å². The number of hydrogen-bond acceptors (Lipinski definition) is 8. The highest BCUT2D eigenvalue weighted by atomic mass is 32.2. The van der Waals surface area contributed by atoms with E-state index in [1.54, 1.807) is 22.7 Å². The van der Waals surface area contributed by atoms with E-state index in [4.69, 9.17) is 19.6 Å². The van der Waals surface area contributed by atoms with Crippen molar-refractivity contribution in [2.45, 2.75) is 72.1 Å². The lowest BCUT2D eigenvalue weighted by molar-refractivity contribution is -0.114. The molecule has 12 nitrogen and oxygen atoms in total. The molecule has 1 saturated heterocycles. The van der Waals surface area contributed by atoms with Crippen LogP contribution in [0.4, 0.5) is 5.69 Å². The molecule has 13 heteroatoms. The monoisotopic (exact) mass is 602 g/mol. The van der Waals surface area contributed by atoms with Gasteiger partial charge in [0.25, 0.3) is 5.56 Å². The summed E-state index contributed by atoms with van der Waals surface area (Å²) in [7, 11) is -3.79. The van der Waals surface area contributed by atoms with Gasteiger partial charge in [0, 0.05) is 24.7 Å². The average Bonchev–Trinajstić information content (AvgIpc) is 3.30. The number of fused-ring (bicyclic) bond motifs is 1. The van der Waals surface area contributed by atoms with Gasteiger partial charge in [0.15, 0.2) is 11.3 Å². The number of aromatic amines is 1. The molecule has 1 atom stereocenters. The fourth-order valence-corrected chi connectivity index (χ4v) is 6.56. The lowest BCUT2D eigenvalue weighted by Gasteiger charge is -2.25. The van der Waals surface area contributed by atoms with Crippen LogP contribution in [0, 0.1) is 6.92 Å². The second kappa shape index (κ2) is 14.3. The van der Waals surface area contributed by atoms with Crippen molar-refractivity contribution in [3.63, 3.8) is 0 Å². The van der Waals surface area contributed by atoms with Gasteiger partial charge in [-0.3, -0.25) is 9.59 Å². The number of H-pyrrole nitrogens is 1. The number of carbonyl (C=O) groups excluding carboxylic acids is 1. The molecular weight excluding hydrogens is 560 g/mol. The Morgan fingerprint density at radius 2 is 1.93 bits per heavy atom. The number of nitrogens with one attached hydrogen (secondary N) is 2. The summed E-state index contributed by atoms with van der Waals surface area (Å²) in [6, 6.07) is 4.91. The zero-order valence-corrected chi connectivity index (χ0v) is 25.8. The van der Waals surface area contributed by atoms with E-state index in [0.29, 0.717) is 48.0 Å². The van der Waals surface area contributed by atoms with E-state index >= 15 is 0 Å². The van der Waals surface area contributed by atoms with Gasteiger partial charge in [-0.25, -0.2) is 17.9 Å². The van der Waals surface area contributed by atoms with Crippen molar-refractivity contribution in [2.24, 2.45) is 0 Å². The molecule has 3 aromatic rings. The highest BCUT2D eigenvalue weighted by molar-refractivity contribution is 7.89. The largest absolute Gasteiger partial charge is 0.493 e. The maximum absolute atomic E-state index is 13.3. The number of sulfonamides is 1. The summed E-state index contributed by atoms with van der Waals surface area (Å²) in [5.74, 6) is 0.261. The predicted molar refractivity (Wildman–Crippen MR) is 162 cm³/mol. The molecule has 0 spiro atoms. The Morgan fingerprint density at radius 1 is 1.17 bits per heavy atom. The number of anilines is 1. The SMILES string of the molecule is CCCCCCC(CC)c1nc(C)c2c(=O)[nH]c(-c3cc(NC(=O)CS(=O)(=O)N4CCOCC4)ccc3OCC)nn12. The van der Waals surface area contributed by atoms with Gasteiger partial charge in [0.2, 0.25) is 15.9 Å². The Labute approximate surface area is 246 Å². The Balaban J connectivity index is 1.66. The summed E-state index contributed by atoms with van der Waals surface area (Å²) in [5, 5.41) is 7.49. The molecule has 1 amide bonds. The molecule has 1 aliphatic rings. The van der Waals surface area contributed by atoms with E-state index in [0.717, 1.165) is 37.9 Å². The Bertz CT molecular complexity index is 1540. The quantitative estimate of drug-likeness (QED) is 0.264. The number of carbonyl (C=O) groups is 1. The molecule has 2 N–H and O–H groups in total. The molecule has 0 aliphatic carbocycles. The first-order chi connectivity index (χ1) is 20.2. The minimum Gasteiger partial charge on any atom is -0.493 e. The summed E-state index contributed by atoms with van der Waals surface area (Å²) in [6.45, 7) is 9.37. The van der Waals surface area contributed by atoms with Gasteiger partial charge in [-0.1, -0.05) is 39.5 Å². The second-order valence-electron chi connectivity index (χ2n) is 10.5. The number of aromatic nitrogens is 4. The van der Waals surface area contributed by atoms with Crippen molar-refractivity contribution in [1.29, 1.82) is 0 Å². The Hall–Kier alpha value is -3.29. The zero-order valence-electron chi connectivity index (χ0n) is 24.9. The third-order valence-corrected chi connectivity index (χ3v) is 9.24. The van der Waals surface area contributed by atoms with Gasteiger partial charge >= 0.3 is 0 Å². The predicted octanol–water partition coefficient (Wildman–Crippen LogP) is 3.86. The number of nitrogens with zero attached hydrogens (tertiary/aromatic N) is 4. The number of rotatable bonds is 14. The van der Waals surface area contributed by atoms with Crippen molar-refractivity contribution in [3.8, 4) is 17.1 Å². The molecule has 0 radical (unpaired) electrons. The summed E-state index contributed by atoms with van der Waals surface area (Å²) in [6.07, 6.45) is 6.40. The molecule has 2 aromatic heterocycles. The van der Waals surface area contributed by atoms with Crippen molar-refractivity contribution in [3.05, 3.63) is 40.1 Å². The average molecular weight is 603 g/mol. The summed E-state index contributed by atoms with van der Waals surface area (Å²) in [4.78, 5) is 33.7. The third-order valence-electron chi connectivity index (χ3n) is 7.46. The van der Waals surface area contributed by atoms with Gasteiger partial charge in [0.05, 0.1) is 31.1 Å². The number of morpholine rings is 1. The van der Waals surface area contributed by atoms with Gasteiger partial charge in [-0.2, -0.15) is 4.31 Å². The van der Waals surface area contributed by atoms with Crippen molar-refractivity contribution >= 4 is 27.1 Å². The van der Waals surface area contributed by atoms with Crippen molar-refractivity contribution in [1.82, 2.24) is 23.9 Å². The smallest absolute Gasteiger partial charge is 0.277 e. The van der Waals surface area contributed by atoms with Crippen molar-refractivity contribution < 1.29 is 22.7 Å². The number of benzene rings is 1. The van der Waals surface area contributed by atoms with Crippen LogP contribution in [0.5, 0.6) is 5.75 Å².